The van der Waals surface area contributed by atoms with Crippen LogP contribution in [0, 0.1) is 13.8 Å². The highest BCUT2D eigenvalue weighted by Crippen LogP contribution is 2.34. The maximum Gasteiger partial charge on any atom is 0.164 e. The lowest BCUT2D eigenvalue weighted by atomic mass is 10.2. The number of thiophene rings is 1. The van der Waals surface area contributed by atoms with Crippen LogP contribution in [-0.2, 0) is 0 Å². The summed E-state index contributed by atoms with van der Waals surface area (Å²) in [6.45, 7) is 5.72. The molecule has 136 valence electrons. The highest BCUT2D eigenvalue weighted by atomic mass is 32.1. The Morgan fingerprint density at radius 1 is 0.963 bits per heavy atom. The van der Waals surface area contributed by atoms with Crippen LogP contribution in [0.2, 0.25) is 0 Å². The van der Waals surface area contributed by atoms with E-state index in [2.05, 4.69) is 34.4 Å². The zero-order valence-corrected chi connectivity index (χ0v) is 16.0. The monoisotopic (exact) mass is 376 g/mol. The zero-order valence-electron chi connectivity index (χ0n) is 15.2. The summed E-state index contributed by atoms with van der Waals surface area (Å²) in [7, 11) is 0. The van der Waals surface area contributed by atoms with Crippen molar-refractivity contribution in [2.75, 3.05) is 23.7 Å². The van der Waals surface area contributed by atoms with Crippen molar-refractivity contribution in [1.29, 1.82) is 0 Å². The molecule has 0 aliphatic carbocycles. The molecule has 27 heavy (non-hydrogen) atoms. The molecule has 0 bridgehead atoms. The predicted molar refractivity (Wildman–Crippen MR) is 111 cm³/mol. The molecule has 0 saturated heterocycles. The number of nitrogens with one attached hydrogen (secondary N) is 2. The molecule has 0 amide bonds. The van der Waals surface area contributed by atoms with Crippen LogP contribution in [0.3, 0.4) is 0 Å². The third-order valence-electron chi connectivity index (χ3n) is 4.34. The van der Waals surface area contributed by atoms with Gasteiger partial charge in [0, 0.05) is 42.1 Å². The lowest BCUT2D eigenvalue weighted by molar-refractivity contribution is 1.04. The van der Waals surface area contributed by atoms with Gasteiger partial charge in [0.25, 0.3) is 0 Å². The van der Waals surface area contributed by atoms with Gasteiger partial charge in [-0.05, 0) is 43.7 Å². The van der Waals surface area contributed by atoms with Crippen molar-refractivity contribution in [2.24, 2.45) is 0 Å². The smallest absolute Gasteiger partial charge is 0.164 e. The lowest BCUT2D eigenvalue weighted by Crippen LogP contribution is -2.15. The summed E-state index contributed by atoms with van der Waals surface area (Å²) in [6.07, 6.45) is 5.33. The number of hydrogen-bond donors (Lipinski definition) is 2. The molecule has 4 aromatic rings. The van der Waals surface area contributed by atoms with Crippen molar-refractivity contribution in [3.8, 4) is 11.4 Å². The van der Waals surface area contributed by atoms with Crippen LogP contribution < -0.4 is 10.6 Å². The molecular formula is C20H20N6S. The number of rotatable bonds is 6. The summed E-state index contributed by atoms with van der Waals surface area (Å²) in [5, 5.41) is 7.87. The fourth-order valence-electron chi connectivity index (χ4n) is 2.84. The van der Waals surface area contributed by atoms with Gasteiger partial charge in [0.1, 0.15) is 16.5 Å². The average molecular weight is 376 g/mol. The van der Waals surface area contributed by atoms with Gasteiger partial charge < -0.3 is 10.6 Å². The summed E-state index contributed by atoms with van der Waals surface area (Å²) in [5.41, 5.74) is 2.14. The topological polar surface area (TPSA) is 75.6 Å². The molecule has 4 heterocycles. The minimum Gasteiger partial charge on any atom is -0.368 e. The number of fused-ring (bicyclic) bond motifs is 1. The number of aromatic nitrogens is 4. The first kappa shape index (κ1) is 17.4. The summed E-state index contributed by atoms with van der Waals surface area (Å²) in [6, 6.07) is 9.71. The van der Waals surface area contributed by atoms with E-state index >= 15 is 0 Å². The second-order valence-corrected chi connectivity index (χ2v) is 7.37. The minimum atomic E-state index is 0.692. The molecule has 0 spiro atoms. The van der Waals surface area contributed by atoms with E-state index in [1.165, 1.54) is 10.4 Å². The number of pyridine rings is 2. The van der Waals surface area contributed by atoms with Gasteiger partial charge in [0.05, 0.1) is 5.39 Å². The standard InChI is InChI=1S/C20H20N6S/c1-13-14(2)27-20-17(13)19(24-11-10-23-16-7-3-4-9-22-16)25-18(26-20)15-6-5-8-21-12-15/h3-9,12H,10-11H2,1-2H3,(H,22,23)(H,24,25,26). The SMILES string of the molecule is Cc1sc2nc(-c3cccnc3)nc(NCCNc3ccccn3)c2c1C. The second kappa shape index (κ2) is 7.67. The summed E-state index contributed by atoms with van der Waals surface area (Å²) in [5.74, 6) is 2.42. The highest BCUT2D eigenvalue weighted by molar-refractivity contribution is 7.18. The van der Waals surface area contributed by atoms with Crippen LogP contribution in [0.25, 0.3) is 21.6 Å². The third kappa shape index (κ3) is 3.73. The van der Waals surface area contributed by atoms with Gasteiger partial charge in [-0.15, -0.1) is 11.3 Å². The molecule has 0 radical (unpaired) electrons. The third-order valence-corrected chi connectivity index (χ3v) is 5.44. The first-order chi connectivity index (χ1) is 13.2. The van der Waals surface area contributed by atoms with Gasteiger partial charge >= 0.3 is 0 Å². The van der Waals surface area contributed by atoms with E-state index in [-0.39, 0.29) is 0 Å². The molecule has 0 aromatic carbocycles. The van der Waals surface area contributed by atoms with Gasteiger partial charge in [-0.25, -0.2) is 15.0 Å². The molecule has 4 aromatic heterocycles. The Morgan fingerprint density at radius 2 is 1.85 bits per heavy atom. The molecular weight excluding hydrogens is 356 g/mol. The first-order valence-corrected chi connectivity index (χ1v) is 9.61. The van der Waals surface area contributed by atoms with Crippen molar-refractivity contribution >= 4 is 33.2 Å². The van der Waals surface area contributed by atoms with Crippen molar-refractivity contribution < 1.29 is 0 Å². The Morgan fingerprint density at radius 3 is 2.63 bits per heavy atom. The lowest BCUT2D eigenvalue weighted by Gasteiger charge is -2.11. The predicted octanol–water partition coefficient (Wildman–Crippen LogP) is 4.29. The van der Waals surface area contributed by atoms with Crippen LogP contribution in [0.5, 0.6) is 0 Å². The molecule has 0 atom stereocenters. The van der Waals surface area contributed by atoms with Crippen LogP contribution in [0.4, 0.5) is 11.6 Å². The number of aryl methyl sites for hydroxylation is 2. The Bertz CT molecular complexity index is 1050. The molecule has 0 aliphatic heterocycles. The number of hydrogen-bond acceptors (Lipinski definition) is 7. The van der Waals surface area contributed by atoms with Gasteiger partial charge in [-0.2, -0.15) is 0 Å². The van der Waals surface area contributed by atoms with Crippen LogP contribution in [0.15, 0.2) is 48.9 Å². The van der Waals surface area contributed by atoms with Gasteiger partial charge in [-0.1, -0.05) is 6.07 Å². The largest absolute Gasteiger partial charge is 0.368 e. The van der Waals surface area contributed by atoms with Gasteiger partial charge in [0.15, 0.2) is 5.82 Å². The van der Waals surface area contributed by atoms with Crippen LogP contribution >= 0.6 is 11.3 Å². The molecule has 7 heteroatoms. The molecule has 0 fully saturated rings. The molecule has 0 unspecified atom stereocenters. The van der Waals surface area contributed by atoms with Crippen molar-refractivity contribution in [3.05, 3.63) is 59.4 Å². The maximum absolute atomic E-state index is 4.79. The highest BCUT2D eigenvalue weighted by Gasteiger charge is 2.15. The summed E-state index contributed by atoms with van der Waals surface area (Å²) < 4.78 is 0. The molecule has 0 aliphatic rings. The summed E-state index contributed by atoms with van der Waals surface area (Å²) >= 11 is 1.70. The molecule has 2 N–H and O–H groups in total. The quantitative estimate of drug-likeness (QED) is 0.489. The van der Waals surface area contributed by atoms with Crippen LogP contribution in [0.1, 0.15) is 10.4 Å². The number of anilines is 2. The minimum absolute atomic E-state index is 0.692. The Balaban J connectivity index is 1.60. The van der Waals surface area contributed by atoms with E-state index in [1.807, 2.05) is 30.3 Å². The van der Waals surface area contributed by atoms with Gasteiger partial charge in [-0.3, -0.25) is 4.98 Å². The molecule has 0 saturated carbocycles. The maximum atomic E-state index is 4.79. The number of nitrogens with zero attached hydrogens (tertiary/aromatic N) is 4. The van der Waals surface area contributed by atoms with Crippen molar-refractivity contribution in [3.63, 3.8) is 0 Å². The fourth-order valence-corrected chi connectivity index (χ4v) is 3.87. The van der Waals surface area contributed by atoms with E-state index in [0.717, 1.165) is 40.5 Å². The Labute approximate surface area is 161 Å². The normalized spacial score (nSPS) is 10.9. The Kier molecular flexibility index (Phi) is 4.93. The van der Waals surface area contributed by atoms with Gasteiger partial charge in [0.2, 0.25) is 0 Å². The van der Waals surface area contributed by atoms with E-state index in [0.29, 0.717) is 5.82 Å². The first-order valence-electron chi connectivity index (χ1n) is 8.79. The van der Waals surface area contributed by atoms with Crippen molar-refractivity contribution in [2.45, 2.75) is 13.8 Å². The zero-order chi connectivity index (χ0) is 18.6. The fraction of sp³-hybridized carbons (Fsp3) is 0.200. The summed E-state index contributed by atoms with van der Waals surface area (Å²) in [4.78, 5) is 20.3. The van der Waals surface area contributed by atoms with Crippen molar-refractivity contribution in [1.82, 2.24) is 19.9 Å². The van der Waals surface area contributed by atoms with E-state index < -0.39 is 0 Å². The Hall–Kier alpha value is -3.06. The van der Waals surface area contributed by atoms with E-state index in [4.69, 9.17) is 9.97 Å². The van der Waals surface area contributed by atoms with E-state index in [1.54, 1.807) is 29.9 Å². The van der Waals surface area contributed by atoms with E-state index in [9.17, 15) is 0 Å². The second-order valence-electron chi connectivity index (χ2n) is 6.17. The van der Waals surface area contributed by atoms with Crippen LogP contribution in [-0.4, -0.2) is 33.0 Å². The molecule has 4 rings (SSSR count). The molecule has 6 nitrogen and oxygen atoms in total. The average Bonchev–Trinajstić information content (AvgIpc) is 3.00.